The molecule has 0 N–H and O–H groups in total. The van der Waals surface area contributed by atoms with E-state index in [0.717, 1.165) is 38.3 Å². The van der Waals surface area contributed by atoms with Gasteiger partial charge in [0.15, 0.2) is 34.9 Å². The lowest BCUT2D eigenvalue weighted by Crippen LogP contribution is -2.05. The SMILES string of the molecule is [2H]c1c([2H])c([2H])c(-c2nc(-c3ccc(-n4c5ccccc5c5cc6c(cc54)c4ccccc4n6-c4ccccc4)c(-c4nc(-c5c([2H])c([2H])c([2H])c([2H])c5[2H])nc(-c5c([2H])c([2H])c([2H])c([2H])c5[2H])n4)c3)nc(-c3c([2H])c([2H])c([2H])c([2H])c3[2H])n2)c([2H])c1[2H]. The van der Waals surface area contributed by atoms with Gasteiger partial charge in [-0.05, 0) is 54.6 Å². The van der Waals surface area contributed by atoms with Crippen LogP contribution in [0.3, 0.4) is 0 Å². The van der Waals surface area contributed by atoms with Crippen LogP contribution in [0.25, 0.3) is 123 Å². The Kier molecular flexibility index (Phi) is 5.66. The van der Waals surface area contributed by atoms with Gasteiger partial charge in [-0.1, -0.05) is 175 Å². The van der Waals surface area contributed by atoms with Crippen LogP contribution in [0.4, 0.5) is 0 Å². The molecule has 0 saturated carbocycles. The van der Waals surface area contributed by atoms with Crippen LogP contribution in [0.2, 0.25) is 0 Å². The van der Waals surface area contributed by atoms with Gasteiger partial charge < -0.3 is 9.13 Å². The molecule has 318 valence electrons. The number of aromatic nitrogens is 8. The minimum Gasteiger partial charge on any atom is -0.309 e. The van der Waals surface area contributed by atoms with Crippen molar-refractivity contribution in [3.05, 3.63) is 230 Å². The molecule has 4 heterocycles. The number of benzene rings is 9. The smallest absolute Gasteiger partial charge is 0.166 e. The maximum absolute atomic E-state index is 9.10. The summed E-state index contributed by atoms with van der Waals surface area (Å²) in [5, 5.41) is 3.27. The van der Waals surface area contributed by atoms with Gasteiger partial charge in [0.2, 0.25) is 0 Å². The predicted molar refractivity (Wildman–Crippen MR) is 275 cm³/mol. The highest BCUT2D eigenvalue weighted by Crippen LogP contribution is 2.42. The molecule has 0 saturated heterocycles. The summed E-state index contributed by atoms with van der Waals surface area (Å²) in [6, 6.07) is 18.9. The lowest BCUT2D eigenvalue weighted by atomic mass is 10.1. The van der Waals surface area contributed by atoms with Crippen molar-refractivity contribution in [2.24, 2.45) is 0 Å². The summed E-state index contributed by atoms with van der Waals surface area (Å²) in [4.78, 5) is 28.0. The quantitative estimate of drug-likeness (QED) is 0.151. The highest BCUT2D eigenvalue weighted by atomic mass is 15.1. The van der Waals surface area contributed by atoms with Crippen LogP contribution in [-0.4, -0.2) is 39.0 Å². The van der Waals surface area contributed by atoms with Gasteiger partial charge in [-0.3, -0.25) is 0 Å². The molecular weight excluding hydrogens is 833 g/mol. The van der Waals surface area contributed by atoms with Gasteiger partial charge in [0, 0.05) is 60.6 Å². The fourth-order valence-electron chi connectivity index (χ4n) is 8.49. The third kappa shape index (κ3) is 6.70. The summed E-state index contributed by atoms with van der Waals surface area (Å²) in [5.41, 5.74) is 2.01. The Bertz CT molecular complexity index is 4950. The Morgan fingerprint density at radius 1 is 0.294 bits per heavy atom. The summed E-state index contributed by atoms with van der Waals surface area (Å²) in [6.45, 7) is 0. The van der Waals surface area contributed by atoms with Crippen molar-refractivity contribution in [2.45, 2.75) is 0 Å². The fourth-order valence-corrected chi connectivity index (χ4v) is 8.49. The molecule has 13 aromatic rings. The number of rotatable bonds is 8. The summed E-state index contributed by atoms with van der Waals surface area (Å²) in [5.74, 6) is -3.04. The molecule has 0 radical (unpaired) electrons. The second-order valence-electron chi connectivity index (χ2n) is 15.3. The molecular formula is C60H38N8. The van der Waals surface area contributed by atoms with Crippen molar-refractivity contribution in [1.29, 1.82) is 0 Å². The van der Waals surface area contributed by atoms with Crippen LogP contribution < -0.4 is 0 Å². The predicted octanol–water partition coefficient (Wildman–Crippen LogP) is 14.3. The first-order valence-corrected chi connectivity index (χ1v) is 21.0. The van der Waals surface area contributed by atoms with Crippen molar-refractivity contribution in [3.8, 4) is 79.7 Å². The molecule has 8 nitrogen and oxygen atoms in total. The summed E-state index contributed by atoms with van der Waals surface area (Å²) in [7, 11) is 0. The zero-order chi connectivity index (χ0) is 62.4. The maximum atomic E-state index is 9.10. The minimum absolute atomic E-state index is 0.00777. The molecule has 0 atom stereocenters. The second-order valence-corrected chi connectivity index (χ2v) is 15.3. The van der Waals surface area contributed by atoms with Crippen LogP contribution in [0.15, 0.2) is 230 Å². The van der Waals surface area contributed by atoms with Crippen molar-refractivity contribution in [2.75, 3.05) is 0 Å². The van der Waals surface area contributed by atoms with Crippen molar-refractivity contribution in [1.82, 2.24) is 39.0 Å². The first-order chi connectivity index (χ1) is 42.0. The van der Waals surface area contributed by atoms with Gasteiger partial charge in [-0.15, -0.1) is 0 Å². The molecule has 0 aliphatic heterocycles. The Hall–Kier alpha value is -9.40. The molecule has 8 heteroatoms. The standard InChI is InChI=1S/C60H38N8/c1-6-20-39(21-7-1)55-61-56(40-22-8-2-9-23-40)64-59(63-55)43-34-35-52(49(36-43)60-65-57(41-24-10-3-11-25-41)62-58(66-60)42-26-12-4-13-27-42)68-51-33-19-17-31-46(51)48-37-53-47(38-54(48)68)45-30-16-18-32-50(45)67(53)44-28-14-5-15-29-44/h1-38H/i1D,2D,3D,4D,6D,7D,8D,9D,10D,11D,12D,13D,20D,21D,22D,23D,24D,25D,26D,27D. The van der Waals surface area contributed by atoms with Crippen LogP contribution >= 0.6 is 0 Å². The first kappa shape index (κ1) is 23.7. The van der Waals surface area contributed by atoms with Gasteiger partial charge in [-0.2, -0.15) is 0 Å². The Morgan fingerprint density at radius 3 is 1.15 bits per heavy atom. The molecule has 0 spiro atoms. The fraction of sp³-hybridized carbons (Fsp3) is 0. The molecule has 0 aliphatic carbocycles. The average Bonchev–Trinajstić information content (AvgIpc) is 1.63. The molecule has 0 amide bonds. The largest absolute Gasteiger partial charge is 0.309 e. The number of hydrogen-bond donors (Lipinski definition) is 0. The Labute approximate surface area is 419 Å². The van der Waals surface area contributed by atoms with E-state index in [-0.39, 0.29) is 28.5 Å². The van der Waals surface area contributed by atoms with Gasteiger partial charge >= 0.3 is 0 Å². The number of para-hydroxylation sites is 3. The summed E-state index contributed by atoms with van der Waals surface area (Å²) >= 11 is 0. The normalized spacial score (nSPS) is 15.6. The van der Waals surface area contributed by atoms with E-state index in [1.165, 1.54) is 6.07 Å². The molecule has 9 aromatic carbocycles. The average molecular weight is 891 g/mol. The van der Waals surface area contributed by atoms with E-state index in [1.807, 2.05) is 89.5 Å². The second kappa shape index (κ2) is 16.2. The minimum atomic E-state index is -0.769. The zero-order valence-corrected chi connectivity index (χ0v) is 35.0. The molecule has 13 rings (SSSR count). The molecule has 0 fully saturated rings. The maximum Gasteiger partial charge on any atom is 0.166 e. The molecule has 0 unspecified atom stereocenters. The van der Waals surface area contributed by atoms with E-state index in [0.29, 0.717) is 11.0 Å². The Morgan fingerprint density at radius 2 is 0.676 bits per heavy atom. The highest BCUT2D eigenvalue weighted by Gasteiger charge is 2.23. The third-order valence-electron chi connectivity index (χ3n) is 11.4. The monoisotopic (exact) mass is 890 g/mol. The van der Waals surface area contributed by atoms with Gasteiger partial charge in [0.05, 0.1) is 55.2 Å². The van der Waals surface area contributed by atoms with Crippen LogP contribution in [0.5, 0.6) is 0 Å². The van der Waals surface area contributed by atoms with E-state index in [4.69, 9.17) is 37.4 Å². The van der Waals surface area contributed by atoms with E-state index >= 15 is 0 Å². The van der Waals surface area contributed by atoms with Crippen molar-refractivity contribution >= 4 is 43.6 Å². The van der Waals surface area contributed by atoms with Gasteiger partial charge in [-0.25, -0.2) is 29.9 Å². The molecule has 4 aromatic heterocycles. The Balaban J connectivity index is 1.19. The van der Waals surface area contributed by atoms with E-state index < -0.39 is 166 Å². The highest BCUT2D eigenvalue weighted by molar-refractivity contribution is 6.19. The van der Waals surface area contributed by atoms with Crippen LogP contribution in [-0.2, 0) is 0 Å². The summed E-state index contributed by atoms with van der Waals surface area (Å²) in [6.07, 6.45) is 0. The van der Waals surface area contributed by atoms with Crippen LogP contribution in [0, 0.1) is 0 Å². The van der Waals surface area contributed by atoms with E-state index in [1.54, 1.807) is 12.1 Å². The van der Waals surface area contributed by atoms with E-state index in [9.17, 15) is 0 Å². The third-order valence-corrected chi connectivity index (χ3v) is 11.4. The molecule has 68 heavy (non-hydrogen) atoms. The van der Waals surface area contributed by atoms with Crippen LogP contribution in [0.1, 0.15) is 27.4 Å². The summed E-state index contributed by atoms with van der Waals surface area (Å²) < 4.78 is 179. The van der Waals surface area contributed by atoms with Crippen molar-refractivity contribution < 1.29 is 27.4 Å². The lowest BCUT2D eigenvalue weighted by Gasteiger charge is -2.16. The zero-order valence-electron chi connectivity index (χ0n) is 55.0. The lowest BCUT2D eigenvalue weighted by molar-refractivity contribution is 1.06. The first-order valence-electron chi connectivity index (χ1n) is 31.0. The van der Waals surface area contributed by atoms with Crippen molar-refractivity contribution in [3.63, 3.8) is 0 Å². The van der Waals surface area contributed by atoms with Gasteiger partial charge in [0.25, 0.3) is 0 Å². The topological polar surface area (TPSA) is 87.2 Å². The molecule has 0 aliphatic rings. The van der Waals surface area contributed by atoms with E-state index in [2.05, 4.69) is 30.6 Å². The number of nitrogens with zero attached hydrogens (tertiary/aromatic N) is 8. The molecule has 0 bridgehead atoms. The number of fused-ring (bicyclic) bond motifs is 6. The number of hydrogen-bond acceptors (Lipinski definition) is 6. The van der Waals surface area contributed by atoms with Gasteiger partial charge in [0.1, 0.15) is 0 Å².